The summed E-state index contributed by atoms with van der Waals surface area (Å²) < 4.78 is 0. The van der Waals surface area contributed by atoms with E-state index in [0.717, 1.165) is 6.42 Å². The number of hydrogen-bond donors (Lipinski definition) is 2. The van der Waals surface area contributed by atoms with E-state index in [1.807, 2.05) is 0 Å². The molecule has 1 aliphatic carbocycles. The van der Waals surface area contributed by atoms with Crippen molar-refractivity contribution in [1.82, 2.24) is 0 Å². The van der Waals surface area contributed by atoms with Crippen molar-refractivity contribution in [2.45, 2.75) is 45.7 Å². The SMILES string of the molecule is CC1CCCC(C)(C)C1(N)N. The van der Waals surface area contributed by atoms with Gasteiger partial charge in [0, 0.05) is 0 Å². The lowest BCUT2D eigenvalue weighted by molar-refractivity contribution is 0.0532. The summed E-state index contributed by atoms with van der Waals surface area (Å²) in [7, 11) is 0. The van der Waals surface area contributed by atoms with Gasteiger partial charge in [-0.15, -0.1) is 0 Å². The van der Waals surface area contributed by atoms with E-state index in [9.17, 15) is 0 Å². The summed E-state index contributed by atoms with van der Waals surface area (Å²) >= 11 is 0. The maximum atomic E-state index is 6.08. The lowest BCUT2D eigenvalue weighted by Gasteiger charge is -2.49. The first-order chi connectivity index (χ1) is 4.88. The van der Waals surface area contributed by atoms with Crippen LogP contribution in [0.25, 0.3) is 0 Å². The fourth-order valence-corrected chi connectivity index (χ4v) is 1.97. The van der Waals surface area contributed by atoms with Crippen molar-refractivity contribution in [2.24, 2.45) is 22.8 Å². The Labute approximate surface area is 69.3 Å². The minimum absolute atomic E-state index is 0.102. The van der Waals surface area contributed by atoms with Gasteiger partial charge in [0.2, 0.25) is 0 Å². The van der Waals surface area contributed by atoms with E-state index in [1.54, 1.807) is 0 Å². The maximum absolute atomic E-state index is 6.08. The van der Waals surface area contributed by atoms with Gasteiger partial charge < -0.3 is 11.5 Å². The smallest absolute Gasteiger partial charge is 0.0715 e. The van der Waals surface area contributed by atoms with E-state index >= 15 is 0 Å². The molecule has 0 heterocycles. The molecule has 1 aliphatic rings. The summed E-state index contributed by atoms with van der Waals surface area (Å²) in [6.45, 7) is 6.49. The minimum atomic E-state index is -0.467. The molecule has 1 rings (SSSR count). The van der Waals surface area contributed by atoms with Crippen molar-refractivity contribution >= 4 is 0 Å². The van der Waals surface area contributed by atoms with Crippen LogP contribution in [-0.4, -0.2) is 5.66 Å². The zero-order valence-electron chi connectivity index (χ0n) is 7.85. The highest BCUT2D eigenvalue weighted by Crippen LogP contribution is 2.41. The molecule has 1 saturated carbocycles. The van der Waals surface area contributed by atoms with E-state index < -0.39 is 5.66 Å². The lowest BCUT2D eigenvalue weighted by atomic mass is 9.64. The van der Waals surface area contributed by atoms with Crippen molar-refractivity contribution in [3.63, 3.8) is 0 Å². The Morgan fingerprint density at radius 1 is 1.27 bits per heavy atom. The topological polar surface area (TPSA) is 52.0 Å². The van der Waals surface area contributed by atoms with Gasteiger partial charge in [0.15, 0.2) is 0 Å². The van der Waals surface area contributed by atoms with Crippen LogP contribution in [-0.2, 0) is 0 Å². The van der Waals surface area contributed by atoms with Crippen LogP contribution in [0.3, 0.4) is 0 Å². The van der Waals surface area contributed by atoms with E-state index in [2.05, 4.69) is 20.8 Å². The van der Waals surface area contributed by atoms with Gasteiger partial charge in [-0.1, -0.05) is 27.2 Å². The molecule has 0 amide bonds. The third kappa shape index (κ3) is 1.30. The second-order valence-electron chi connectivity index (χ2n) is 4.61. The molecule has 0 radical (unpaired) electrons. The highest BCUT2D eigenvalue weighted by Gasteiger charge is 2.44. The Balaban J connectivity index is 2.82. The summed E-state index contributed by atoms with van der Waals surface area (Å²) in [4.78, 5) is 0. The van der Waals surface area contributed by atoms with Crippen molar-refractivity contribution in [2.75, 3.05) is 0 Å². The van der Waals surface area contributed by atoms with Crippen LogP contribution in [0.5, 0.6) is 0 Å². The average Bonchev–Trinajstić information content (AvgIpc) is 1.84. The summed E-state index contributed by atoms with van der Waals surface area (Å²) in [6, 6.07) is 0. The van der Waals surface area contributed by atoms with Crippen LogP contribution in [0, 0.1) is 11.3 Å². The maximum Gasteiger partial charge on any atom is 0.0715 e. The zero-order valence-corrected chi connectivity index (χ0v) is 7.85. The average molecular weight is 156 g/mol. The largest absolute Gasteiger partial charge is 0.313 e. The normalized spacial score (nSPS) is 35.2. The van der Waals surface area contributed by atoms with Gasteiger partial charge in [-0.25, -0.2) is 0 Å². The van der Waals surface area contributed by atoms with Crippen molar-refractivity contribution < 1.29 is 0 Å². The third-order valence-electron chi connectivity index (χ3n) is 3.43. The molecule has 0 aromatic heterocycles. The fourth-order valence-electron chi connectivity index (χ4n) is 1.97. The Kier molecular flexibility index (Phi) is 2.01. The Bertz CT molecular complexity index is 150. The van der Waals surface area contributed by atoms with Crippen LogP contribution in [0.1, 0.15) is 40.0 Å². The molecular formula is C9H20N2. The van der Waals surface area contributed by atoms with Crippen molar-refractivity contribution in [3.8, 4) is 0 Å². The van der Waals surface area contributed by atoms with Crippen molar-refractivity contribution in [1.29, 1.82) is 0 Å². The molecule has 0 saturated heterocycles. The fraction of sp³-hybridized carbons (Fsp3) is 1.00. The van der Waals surface area contributed by atoms with Crippen LogP contribution in [0.15, 0.2) is 0 Å². The van der Waals surface area contributed by atoms with Crippen LogP contribution >= 0.6 is 0 Å². The first-order valence-corrected chi connectivity index (χ1v) is 4.46. The number of rotatable bonds is 0. The third-order valence-corrected chi connectivity index (χ3v) is 3.43. The molecule has 2 nitrogen and oxygen atoms in total. The highest BCUT2D eigenvalue weighted by molar-refractivity contribution is 4.99. The van der Waals surface area contributed by atoms with Gasteiger partial charge in [0.05, 0.1) is 5.66 Å². The monoisotopic (exact) mass is 156 g/mol. The van der Waals surface area contributed by atoms with Gasteiger partial charge in [0.1, 0.15) is 0 Å². The van der Waals surface area contributed by atoms with Gasteiger partial charge in [0.25, 0.3) is 0 Å². The molecule has 1 unspecified atom stereocenters. The molecule has 0 aromatic carbocycles. The van der Waals surface area contributed by atoms with E-state index in [1.165, 1.54) is 12.8 Å². The van der Waals surface area contributed by atoms with E-state index in [4.69, 9.17) is 11.5 Å². The second-order valence-corrected chi connectivity index (χ2v) is 4.61. The molecule has 66 valence electrons. The molecule has 0 bridgehead atoms. The van der Waals surface area contributed by atoms with Crippen LogP contribution in [0.2, 0.25) is 0 Å². The highest BCUT2D eigenvalue weighted by atomic mass is 15.0. The molecule has 11 heavy (non-hydrogen) atoms. The van der Waals surface area contributed by atoms with E-state index in [0.29, 0.717) is 5.92 Å². The summed E-state index contributed by atoms with van der Waals surface area (Å²) in [5.41, 5.74) is 11.8. The second kappa shape index (κ2) is 2.46. The first-order valence-electron chi connectivity index (χ1n) is 4.46. The molecule has 2 heteroatoms. The number of nitrogens with two attached hydrogens (primary N) is 2. The Morgan fingerprint density at radius 2 is 1.82 bits per heavy atom. The molecule has 0 aromatic rings. The summed E-state index contributed by atoms with van der Waals surface area (Å²) in [5, 5.41) is 0. The summed E-state index contributed by atoms with van der Waals surface area (Å²) in [5.74, 6) is 0.450. The van der Waals surface area contributed by atoms with Gasteiger partial charge >= 0.3 is 0 Å². The van der Waals surface area contributed by atoms with Crippen LogP contribution < -0.4 is 11.5 Å². The lowest BCUT2D eigenvalue weighted by Crippen LogP contribution is -2.66. The van der Waals surface area contributed by atoms with Gasteiger partial charge in [-0.05, 0) is 24.2 Å². The Hall–Kier alpha value is -0.0800. The van der Waals surface area contributed by atoms with Gasteiger partial charge in [-0.3, -0.25) is 0 Å². The molecule has 0 spiro atoms. The predicted octanol–water partition coefficient (Wildman–Crippen LogP) is 1.45. The van der Waals surface area contributed by atoms with Crippen molar-refractivity contribution in [3.05, 3.63) is 0 Å². The molecule has 4 N–H and O–H groups in total. The molecule has 1 fully saturated rings. The van der Waals surface area contributed by atoms with E-state index in [-0.39, 0.29) is 5.41 Å². The van der Waals surface area contributed by atoms with Crippen LogP contribution in [0.4, 0.5) is 0 Å². The first kappa shape index (κ1) is 9.01. The van der Waals surface area contributed by atoms with Gasteiger partial charge in [-0.2, -0.15) is 0 Å². The number of hydrogen-bond acceptors (Lipinski definition) is 2. The molecule has 0 aliphatic heterocycles. The summed E-state index contributed by atoms with van der Waals surface area (Å²) in [6.07, 6.45) is 3.60. The standard InChI is InChI=1S/C9H20N2/c1-7-5-4-6-8(2,3)9(7,10)11/h7H,4-6,10-11H2,1-3H3. The Morgan fingerprint density at radius 3 is 2.18 bits per heavy atom. The zero-order chi connectivity index (χ0) is 8.70. The molecule has 1 atom stereocenters. The predicted molar refractivity (Wildman–Crippen MR) is 47.9 cm³/mol. The minimum Gasteiger partial charge on any atom is -0.313 e. The quantitative estimate of drug-likeness (QED) is 0.521. The molecular weight excluding hydrogens is 136 g/mol.